The van der Waals surface area contributed by atoms with Gasteiger partial charge in [-0.05, 0) is 60.4 Å². The second-order valence-electron chi connectivity index (χ2n) is 6.84. The molecule has 0 aromatic heterocycles. The molecule has 0 spiro atoms. The fourth-order valence-electron chi connectivity index (χ4n) is 2.90. The molecule has 0 atom stereocenters. The molecule has 150 valence electrons. The minimum Gasteiger partial charge on any atom is -0.508 e. The molecule has 29 heavy (non-hydrogen) atoms. The van der Waals surface area contributed by atoms with Crippen LogP contribution in [0.5, 0.6) is 5.75 Å². The summed E-state index contributed by atoms with van der Waals surface area (Å²) in [6.07, 6.45) is 1.88. The molecule has 0 radical (unpaired) electrons. The van der Waals surface area contributed by atoms with Crippen LogP contribution < -0.4 is 5.32 Å². The average Bonchev–Trinajstić information content (AvgIpc) is 2.77. The zero-order valence-electron chi connectivity index (χ0n) is 16.5. The first-order valence-corrected chi connectivity index (χ1v) is 9.68. The largest absolute Gasteiger partial charge is 0.508 e. The molecule has 5 nitrogen and oxygen atoms in total. The molecule has 0 aliphatic rings. The van der Waals surface area contributed by atoms with Crippen LogP contribution in [0.1, 0.15) is 27.9 Å². The zero-order chi connectivity index (χ0) is 20.5. The first kappa shape index (κ1) is 20.4. The van der Waals surface area contributed by atoms with Gasteiger partial charge in [0, 0.05) is 24.8 Å². The molecule has 0 aliphatic heterocycles. The number of rotatable bonds is 9. The number of aromatic hydroxyl groups is 1. The Kier molecular flexibility index (Phi) is 7.25. The van der Waals surface area contributed by atoms with E-state index in [9.17, 15) is 9.90 Å². The molecule has 0 aliphatic carbocycles. The highest BCUT2D eigenvalue weighted by Gasteiger charge is 2.12. The minimum absolute atomic E-state index is 0.165. The van der Waals surface area contributed by atoms with Crippen LogP contribution in [0.25, 0.3) is 0 Å². The van der Waals surface area contributed by atoms with Gasteiger partial charge in [-0.1, -0.05) is 42.5 Å². The lowest BCUT2D eigenvalue weighted by molar-refractivity contribution is -0.116. The predicted molar refractivity (Wildman–Crippen MR) is 115 cm³/mol. The van der Waals surface area contributed by atoms with E-state index in [-0.39, 0.29) is 11.7 Å². The van der Waals surface area contributed by atoms with Crippen molar-refractivity contribution in [1.82, 2.24) is 5.06 Å². The first-order chi connectivity index (χ1) is 14.1. The maximum absolute atomic E-state index is 12.5. The standard InChI is InChI=1S/C24H26N2O3/c1-26(29-18-20-6-3-2-4-7-20)24(28)21-11-9-19(10-12-21)8-5-17-25-22-13-15-23(27)16-14-22/h2-4,6-7,9-16,25,27H,5,8,17-18H2,1H3. The number of phenols is 1. The van der Waals surface area contributed by atoms with Gasteiger partial charge in [0.1, 0.15) is 12.4 Å². The number of benzene rings is 3. The Hall–Kier alpha value is -3.31. The minimum atomic E-state index is -0.165. The second-order valence-corrected chi connectivity index (χ2v) is 6.84. The molecule has 3 rings (SSSR count). The number of amides is 1. The summed E-state index contributed by atoms with van der Waals surface area (Å²) in [5.41, 5.74) is 3.79. The van der Waals surface area contributed by atoms with E-state index in [0.717, 1.165) is 30.6 Å². The maximum Gasteiger partial charge on any atom is 0.277 e. The van der Waals surface area contributed by atoms with Crippen molar-refractivity contribution in [3.8, 4) is 5.75 Å². The number of carbonyl (C=O) groups is 1. The topological polar surface area (TPSA) is 61.8 Å². The highest BCUT2D eigenvalue weighted by atomic mass is 16.7. The fourth-order valence-corrected chi connectivity index (χ4v) is 2.90. The number of hydroxylamine groups is 2. The monoisotopic (exact) mass is 390 g/mol. The van der Waals surface area contributed by atoms with Crippen LogP contribution in [0.3, 0.4) is 0 Å². The van der Waals surface area contributed by atoms with Crippen LogP contribution in [0, 0.1) is 0 Å². The smallest absolute Gasteiger partial charge is 0.277 e. The van der Waals surface area contributed by atoms with Crippen LogP contribution in [0.4, 0.5) is 5.69 Å². The summed E-state index contributed by atoms with van der Waals surface area (Å²) < 4.78 is 0. The molecular weight excluding hydrogens is 364 g/mol. The second kappa shape index (κ2) is 10.3. The van der Waals surface area contributed by atoms with E-state index >= 15 is 0 Å². The zero-order valence-corrected chi connectivity index (χ0v) is 16.5. The molecule has 1 amide bonds. The summed E-state index contributed by atoms with van der Waals surface area (Å²) in [5, 5.41) is 13.9. The molecular formula is C24H26N2O3. The number of anilines is 1. The number of nitrogens with zero attached hydrogens (tertiary/aromatic N) is 1. The lowest BCUT2D eigenvalue weighted by atomic mass is 10.1. The van der Waals surface area contributed by atoms with Gasteiger partial charge in [-0.25, -0.2) is 5.06 Å². The number of nitrogens with one attached hydrogen (secondary N) is 1. The number of hydrogen-bond donors (Lipinski definition) is 2. The lowest BCUT2D eigenvalue weighted by Crippen LogP contribution is -2.26. The Morgan fingerprint density at radius 3 is 2.31 bits per heavy atom. The van der Waals surface area contributed by atoms with Gasteiger partial charge >= 0.3 is 0 Å². The fraction of sp³-hybridized carbons (Fsp3) is 0.208. The van der Waals surface area contributed by atoms with E-state index in [1.807, 2.05) is 66.7 Å². The van der Waals surface area contributed by atoms with Gasteiger partial charge in [-0.15, -0.1) is 0 Å². The summed E-state index contributed by atoms with van der Waals surface area (Å²) in [4.78, 5) is 18.1. The summed E-state index contributed by atoms with van der Waals surface area (Å²) in [5.74, 6) is 0.0998. The van der Waals surface area contributed by atoms with Gasteiger partial charge in [0.05, 0.1) is 0 Å². The predicted octanol–water partition coefficient (Wildman–Crippen LogP) is 4.64. The van der Waals surface area contributed by atoms with Crippen molar-refractivity contribution in [2.45, 2.75) is 19.4 Å². The van der Waals surface area contributed by atoms with E-state index in [4.69, 9.17) is 4.84 Å². The molecule has 0 heterocycles. The summed E-state index contributed by atoms with van der Waals surface area (Å²) in [6, 6.07) is 24.4. The van der Waals surface area contributed by atoms with Crippen molar-refractivity contribution < 1.29 is 14.7 Å². The number of phenolic OH excluding ortho intramolecular Hbond substituents is 1. The number of aryl methyl sites for hydroxylation is 1. The average molecular weight is 390 g/mol. The van der Waals surface area contributed by atoms with Crippen LogP contribution >= 0.6 is 0 Å². The summed E-state index contributed by atoms with van der Waals surface area (Å²) >= 11 is 0. The third-order valence-electron chi connectivity index (χ3n) is 4.59. The van der Waals surface area contributed by atoms with E-state index in [2.05, 4.69) is 5.32 Å². The number of carbonyl (C=O) groups excluding carboxylic acids is 1. The van der Waals surface area contributed by atoms with Gasteiger partial charge < -0.3 is 10.4 Å². The van der Waals surface area contributed by atoms with Gasteiger partial charge in [0.15, 0.2) is 0 Å². The van der Waals surface area contributed by atoms with E-state index in [1.165, 1.54) is 10.6 Å². The molecule has 3 aromatic rings. The van der Waals surface area contributed by atoms with Crippen molar-refractivity contribution in [3.05, 3.63) is 95.6 Å². The van der Waals surface area contributed by atoms with Crippen molar-refractivity contribution in [1.29, 1.82) is 0 Å². The Labute approximate surface area is 171 Å². The first-order valence-electron chi connectivity index (χ1n) is 9.68. The SMILES string of the molecule is CN(OCc1ccccc1)C(=O)c1ccc(CCCNc2ccc(O)cc2)cc1. The molecule has 3 aromatic carbocycles. The Bertz CT molecular complexity index is 894. The van der Waals surface area contributed by atoms with Gasteiger partial charge in [0.2, 0.25) is 0 Å². The molecule has 0 bridgehead atoms. The van der Waals surface area contributed by atoms with E-state index in [1.54, 1.807) is 19.2 Å². The van der Waals surface area contributed by atoms with Crippen LogP contribution in [-0.2, 0) is 17.9 Å². The summed E-state index contributed by atoms with van der Waals surface area (Å²) in [7, 11) is 1.63. The molecule has 5 heteroatoms. The van der Waals surface area contributed by atoms with Gasteiger partial charge in [-0.2, -0.15) is 0 Å². The highest BCUT2D eigenvalue weighted by Crippen LogP contribution is 2.14. The molecule has 0 fully saturated rings. The van der Waals surface area contributed by atoms with Gasteiger partial charge in [-0.3, -0.25) is 9.63 Å². The van der Waals surface area contributed by atoms with Crippen molar-refractivity contribution in [2.75, 3.05) is 18.9 Å². The van der Waals surface area contributed by atoms with Crippen LogP contribution in [0.2, 0.25) is 0 Å². The Morgan fingerprint density at radius 2 is 1.62 bits per heavy atom. The van der Waals surface area contributed by atoms with Crippen molar-refractivity contribution in [2.24, 2.45) is 0 Å². The molecule has 2 N–H and O–H groups in total. The quantitative estimate of drug-likeness (QED) is 0.317. The highest BCUT2D eigenvalue weighted by molar-refractivity contribution is 5.93. The Balaban J connectivity index is 1.42. The van der Waals surface area contributed by atoms with Crippen LogP contribution in [-0.4, -0.2) is 29.7 Å². The van der Waals surface area contributed by atoms with Crippen molar-refractivity contribution in [3.63, 3.8) is 0 Å². The molecule has 0 unspecified atom stereocenters. The van der Waals surface area contributed by atoms with E-state index in [0.29, 0.717) is 12.2 Å². The third kappa shape index (κ3) is 6.36. The van der Waals surface area contributed by atoms with Crippen LogP contribution in [0.15, 0.2) is 78.9 Å². The number of hydrogen-bond acceptors (Lipinski definition) is 4. The Morgan fingerprint density at radius 1 is 0.931 bits per heavy atom. The maximum atomic E-state index is 12.5. The van der Waals surface area contributed by atoms with Crippen molar-refractivity contribution >= 4 is 11.6 Å². The van der Waals surface area contributed by atoms with E-state index < -0.39 is 0 Å². The lowest BCUT2D eigenvalue weighted by Gasteiger charge is -2.17. The third-order valence-corrected chi connectivity index (χ3v) is 4.59. The van der Waals surface area contributed by atoms with Gasteiger partial charge in [0.25, 0.3) is 5.91 Å². The molecule has 0 saturated carbocycles. The normalized spacial score (nSPS) is 10.5. The molecule has 0 saturated heterocycles. The summed E-state index contributed by atoms with van der Waals surface area (Å²) in [6.45, 7) is 1.19.